The number of hydrogen-bond donors (Lipinski definition) is 1. The van der Waals surface area contributed by atoms with Crippen molar-refractivity contribution in [3.63, 3.8) is 0 Å². The van der Waals surface area contributed by atoms with Gasteiger partial charge in [0.05, 0.1) is 6.04 Å². The molecule has 2 heterocycles. The second kappa shape index (κ2) is 6.72. The molecule has 1 saturated heterocycles. The van der Waals surface area contributed by atoms with E-state index >= 15 is 0 Å². The van der Waals surface area contributed by atoms with E-state index in [-0.39, 0.29) is 18.1 Å². The summed E-state index contributed by atoms with van der Waals surface area (Å²) in [4.78, 5) is 16.0. The van der Waals surface area contributed by atoms with Crippen molar-refractivity contribution in [2.45, 2.75) is 65.2 Å². The van der Waals surface area contributed by atoms with E-state index < -0.39 is 0 Å². The van der Waals surface area contributed by atoms with E-state index in [1.165, 1.54) is 4.88 Å². The van der Waals surface area contributed by atoms with Crippen molar-refractivity contribution in [1.82, 2.24) is 10.2 Å². The first-order chi connectivity index (χ1) is 9.54. The van der Waals surface area contributed by atoms with Gasteiger partial charge in [0.25, 0.3) is 0 Å². The molecule has 112 valence electrons. The van der Waals surface area contributed by atoms with Gasteiger partial charge in [-0.2, -0.15) is 0 Å². The SMILES string of the molecule is CCCC(C)N1C(=O)C(CC(C)C)NC1c1cccs1. The Balaban J connectivity index is 2.21. The van der Waals surface area contributed by atoms with Crippen molar-refractivity contribution in [2.24, 2.45) is 5.92 Å². The number of rotatable bonds is 6. The summed E-state index contributed by atoms with van der Waals surface area (Å²) in [6.45, 7) is 8.69. The van der Waals surface area contributed by atoms with Gasteiger partial charge in [-0.15, -0.1) is 11.3 Å². The standard InChI is InChI=1S/C16H26N2OS/c1-5-7-12(4)18-15(14-8-6-9-20-14)17-13(16(18)19)10-11(2)3/h6,8-9,11-13,15,17H,5,7,10H2,1-4H3. The molecule has 1 fully saturated rings. The van der Waals surface area contributed by atoms with Gasteiger partial charge in [0.2, 0.25) is 5.91 Å². The van der Waals surface area contributed by atoms with Gasteiger partial charge in [-0.3, -0.25) is 10.1 Å². The fourth-order valence-corrected chi connectivity index (χ4v) is 3.77. The van der Waals surface area contributed by atoms with Crippen LogP contribution in [0.25, 0.3) is 0 Å². The first kappa shape index (κ1) is 15.5. The summed E-state index contributed by atoms with van der Waals surface area (Å²) < 4.78 is 0. The maximum atomic E-state index is 12.7. The van der Waals surface area contributed by atoms with Gasteiger partial charge >= 0.3 is 0 Å². The van der Waals surface area contributed by atoms with Gasteiger partial charge in [0, 0.05) is 10.9 Å². The van der Waals surface area contributed by atoms with E-state index in [2.05, 4.69) is 55.4 Å². The molecule has 2 rings (SSSR count). The molecule has 3 nitrogen and oxygen atoms in total. The van der Waals surface area contributed by atoms with Gasteiger partial charge in [0.1, 0.15) is 6.17 Å². The number of carbonyl (C=O) groups excluding carboxylic acids is 1. The maximum Gasteiger partial charge on any atom is 0.241 e. The summed E-state index contributed by atoms with van der Waals surface area (Å²) in [5, 5.41) is 5.63. The predicted molar refractivity (Wildman–Crippen MR) is 84.7 cm³/mol. The molecule has 1 N–H and O–H groups in total. The van der Waals surface area contributed by atoms with E-state index in [0.717, 1.165) is 19.3 Å². The first-order valence-corrected chi connectivity index (χ1v) is 8.54. The second-order valence-electron chi connectivity index (χ2n) is 6.15. The topological polar surface area (TPSA) is 32.3 Å². The minimum Gasteiger partial charge on any atom is -0.318 e. The molecule has 0 saturated carbocycles. The Morgan fingerprint density at radius 2 is 2.15 bits per heavy atom. The van der Waals surface area contributed by atoms with Crippen LogP contribution in [0.5, 0.6) is 0 Å². The van der Waals surface area contributed by atoms with Gasteiger partial charge in [0.15, 0.2) is 0 Å². The number of nitrogens with one attached hydrogen (secondary N) is 1. The monoisotopic (exact) mass is 294 g/mol. The van der Waals surface area contributed by atoms with Crippen LogP contribution >= 0.6 is 11.3 Å². The Bertz CT molecular complexity index is 430. The molecular weight excluding hydrogens is 268 g/mol. The quantitative estimate of drug-likeness (QED) is 0.866. The third-order valence-electron chi connectivity index (χ3n) is 3.89. The normalized spacial score (nSPS) is 24.6. The van der Waals surface area contributed by atoms with Crippen LogP contribution in [0.4, 0.5) is 0 Å². The van der Waals surface area contributed by atoms with Crippen LogP contribution in [-0.2, 0) is 4.79 Å². The van der Waals surface area contributed by atoms with Gasteiger partial charge in [-0.05, 0) is 37.1 Å². The zero-order valence-corrected chi connectivity index (χ0v) is 13.7. The molecule has 3 atom stereocenters. The molecule has 1 amide bonds. The number of carbonyl (C=O) groups is 1. The molecule has 3 unspecified atom stereocenters. The highest BCUT2D eigenvalue weighted by molar-refractivity contribution is 7.10. The summed E-state index contributed by atoms with van der Waals surface area (Å²) >= 11 is 1.73. The van der Waals surface area contributed by atoms with E-state index in [4.69, 9.17) is 0 Å². The van der Waals surface area contributed by atoms with E-state index in [0.29, 0.717) is 12.0 Å². The van der Waals surface area contributed by atoms with Crippen LogP contribution in [-0.4, -0.2) is 22.9 Å². The fourth-order valence-electron chi connectivity index (χ4n) is 2.98. The Hall–Kier alpha value is -0.870. The lowest BCUT2D eigenvalue weighted by Gasteiger charge is -2.29. The summed E-state index contributed by atoms with van der Waals surface area (Å²) in [6.07, 6.45) is 3.14. The molecule has 0 radical (unpaired) electrons. The Morgan fingerprint density at radius 1 is 1.40 bits per heavy atom. The summed E-state index contributed by atoms with van der Waals surface area (Å²) in [6, 6.07) is 4.45. The van der Waals surface area contributed by atoms with E-state index in [1.807, 2.05) is 0 Å². The Labute approximate surface area is 126 Å². The van der Waals surface area contributed by atoms with Crippen LogP contribution in [0.15, 0.2) is 17.5 Å². The largest absolute Gasteiger partial charge is 0.318 e. The van der Waals surface area contributed by atoms with Crippen molar-refractivity contribution < 1.29 is 4.79 Å². The molecular formula is C16H26N2OS. The Morgan fingerprint density at radius 3 is 2.70 bits per heavy atom. The fraction of sp³-hybridized carbons (Fsp3) is 0.688. The summed E-state index contributed by atoms with van der Waals surface area (Å²) in [7, 11) is 0. The minimum atomic E-state index is -0.0265. The molecule has 0 aromatic carbocycles. The molecule has 1 aliphatic rings. The average molecular weight is 294 g/mol. The second-order valence-corrected chi connectivity index (χ2v) is 7.13. The molecule has 4 heteroatoms. The van der Waals surface area contributed by atoms with Crippen molar-refractivity contribution in [3.05, 3.63) is 22.4 Å². The van der Waals surface area contributed by atoms with Gasteiger partial charge in [-0.1, -0.05) is 33.3 Å². The van der Waals surface area contributed by atoms with Crippen LogP contribution in [0.2, 0.25) is 0 Å². The number of nitrogens with zero attached hydrogens (tertiary/aromatic N) is 1. The third kappa shape index (κ3) is 3.23. The van der Waals surface area contributed by atoms with Crippen molar-refractivity contribution in [2.75, 3.05) is 0 Å². The number of amides is 1. The molecule has 1 aliphatic heterocycles. The van der Waals surface area contributed by atoms with Crippen LogP contribution in [0.3, 0.4) is 0 Å². The van der Waals surface area contributed by atoms with Crippen LogP contribution in [0, 0.1) is 5.92 Å². The van der Waals surface area contributed by atoms with Crippen molar-refractivity contribution in [3.8, 4) is 0 Å². The zero-order chi connectivity index (χ0) is 14.7. The van der Waals surface area contributed by atoms with Crippen LogP contribution in [0.1, 0.15) is 58.0 Å². The van der Waals surface area contributed by atoms with E-state index in [1.54, 1.807) is 11.3 Å². The highest BCUT2D eigenvalue weighted by atomic mass is 32.1. The van der Waals surface area contributed by atoms with Gasteiger partial charge in [-0.25, -0.2) is 0 Å². The lowest BCUT2D eigenvalue weighted by molar-refractivity contribution is -0.132. The molecule has 1 aromatic heterocycles. The lowest BCUT2D eigenvalue weighted by Crippen LogP contribution is -2.38. The first-order valence-electron chi connectivity index (χ1n) is 7.66. The Kier molecular flexibility index (Phi) is 5.22. The highest BCUT2D eigenvalue weighted by Gasteiger charge is 2.42. The third-order valence-corrected chi connectivity index (χ3v) is 4.82. The van der Waals surface area contributed by atoms with E-state index in [9.17, 15) is 4.79 Å². The van der Waals surface area contributed by atoms with Crippen molar-refractivity contribution in [1.29, 1.82) is 0 Å². The number of hydrogen-bond acceptors (Lipinski definition) is 3. The molecule has 1 aromatic rings. The number of thiophene rings is 1. The highest BCUT2D eigenvalue weighted by Crippen LogP contribution is 2.33. The molecule has 0 bridgehead atoms. The minimum absolute atomic E-state index is 0.0265. The van der Waals surface area contributed by atoms with Crippen molar-refractivity contribution >= 4 is 17.2 Å². The molecule has 0 aliphatic carbocycles. The average Bonchev–Trinajstić information content (AvgIpc) is 2.98. The van der Waals surface area contributed by atoms with Crippen LogP contribution < -0.4 is 5.32 Å². The lowest BCUT2D eigenvalue weighted by atomic mass is 10.0. The summed E-state index contributed by atoms with van der Waals surface area (Å²) in [5.41, 5.74) is 0. The summed E-state index contributed by atoms with van der Waals surface area (Å²) in [5.74, 6) is 0.805. The smallest absolute Gasteiger partial charge is 0.241 e. The molecule has 0 spiro atoms. The molecule has 20 heavy (non-hydrogen) atoms. The predicted octanol–water partition coefficient (Wildman–Crippen LogP) is 3.78. The zero-order valence-electron chi connectivity index (χ0n) is 12.9. The maximum absolute atomic E-state index is 12.7. The van der Waals surface area contributed by atoms with Gasteiger partial charge < -0.3 is 4.90 Å².